The maximum Gasteiger partial charge on any atom is 0.0553 e. The van der Waals surface area contributed by atoms with Gasteiger partial charge in [0.05, 0.1) is 6.61 Å². The first-order valence-corrected chi connectivity index (χ1v) is 10.3. The van der Waals surface area contributed by atoms with Gasteiger partial charge in [0.15, 0.2) is 0 Å². The van der Waals surface area contributed by atoms with Gasteiger partial charge >= 0.3 is 90.0 Å². The fraction of sp³-hybridized carbons (Fsp3) is 0.364. The second-order valence-electron chi connectivity index (χ2n) is 3.28. The molecule has 0 fully saturated rings. The van der Waals surface area contributed by atoms with E-state index in [0.29, 0.717) is 6.54 Å². The summed E-state index contributed by atoms with van der Waals surface area (Å²) in [4.78, 5) is 10.9. The SMILES string of the molecule is CC(O)C(=O)[O][Hg][c]1ccccc1.NCCO. The number of carbonyl (C=O) groups excluding carboxylic acids is 1. The quantitative estimate of drug-likeness (QED) is 0.546. The average molecular weight is 428 g/mol. The van der Waals surface area contributed by atoms with Crippen molar-refractivity contribution in [3.63, 3.8) is 0 Å². The molecule has 1 unspecified atom stereocenters. The van der Waals surface area contributed by atoms with E-state index in [1.807, 2.05) is 30.3 Å². The van der Waals surface area contributed by atoms with Crippen molar-refractivity contribution in [2.75, 3.05) is 13.2 Å². The fourth-order valence-electron chi connectivity index (χ4n) is 0.849. The van der Waals surface area contributed by atoms with Crippen molar-refractivity contribution >= 4 is 9.04 Å². The number of hydrogen-bond acceptors (Lipinski definition) is 5. The number of nitrogens with two attached hydrogens (primary N) is 1. The number of benzene rings is 1. The zero-order valence-electron chi connectivity index (χ0n) is 9.87. The Morgan fingerprint density at radius 3 is 2.41 bits per heavy atom. The van der Waals surface area contributed by atoms with Crippen molar-refractivity contribution in [1.29, 1.82) is 0 Å². The van der Waals surface area contributed by atoms with E-state index in [0.717, 1.165) is 3.07 Å². The molecule has 0 saturated heterocycles. The third-order valence-corrected chi connectivity index (χ3v) is 6.49. The van der Waals surface area contributed by atoms with Crippen LogP contribution in [0.15, 0.2) is 30.3 Å². The van der Waals surface area contributed by atoms with Gasteiger partial charge in [-0.2, -0.15) is 0 Å². The van der Waals surface area contributed by atoms with E-state index >= 15 is 0 Å². The van der Waals surface area contributed by atoms with Crippen molar-refractivity contribution < 1.29 is 42.7 Å². The molecule has 0 aliphatic carbocycles. The summed E-state index contributed by atoms with van der Waals surface area (Å²) in [6.45, 7) is 1.89. The molecule has 0 amide bonds. The van der Waals surface area contributed by atoms with Gasteiger partial charge in [-0.05, 0) is 0 Å². The first-order chi connectivity index (χ1) is 8.11. The van der Waals surface area contributed by atoms with Crippen LogP contribution in [0.1, 0.15) is 6.92 Å². The van der Waals surface area contributed by atoms with Crippen molar-refractivity contribution in [2.45, 2.75) is 13.0 Å². The standard InChI is InChI=1S/C6H5.C3H6O3.C2H7NO.Hg/c1-2-4-6-5-3-1;1-2(4)3(5)6;3-1-2-4;/h1-5H;2,4H,1H3,(H,5,6);4H,1-3H2;/q;;;+1/p-1. The minimum atomic E-state index is -1.75. The summed E-state index contributed by atoms with van der Waals surface area (Å²) < 4.78 is 6.16. The Hall–Kier alpha value is -0.495. The predicted octanol–water partition coefficient (Wildman–Crippen LogP) is -0.829. The van der Waals surface area contributed by atoms with Crippen molar-refractivity contribution in [2.24, 2.45) is 5.73 Å². The molecule has 0 aliphatic heterocycles. The summed E-state index contributed by atoms with van der Waals surface area (Å²) in [5, 5.41) is 16.6. The molecule has 1 atom stereocenters. The average Bonchev–Trinajstić information content (AvgIpc) is 2.37. The summed E-state index contributed by atoms with van der Waals surface area (Å²) in [6.07, 6.45) is -0.997. The third-order valence-electron chi connectivity index (χ3n) is 1.69. The summed E-state index contributed by atoms with van der Waals surface area (Å²) >= 11 is -1.75. The molecule has 6 heteroatoms. The molecular formula is C11H17HgNO4. The number of carbonyl (C=O) groups is 1. The minimum absolute atomic E-state index is 0.0972. The molecule has 0 saturated carbocycles. The molecule has 1 rings (SSSR count). The third kappa shape index (κ3) is 9.23. The van der Waals surface area contributed by atoms with E-state index in [1.54, 1.807) is 0 Å². The van der Waals surface area contributed by atoms with Gasteiger partial charge in [0.2, 0.25) is 0 Å². The van der Waals surface area contributed by atoms with E-state index in [-0.39, 0.29) is 6.61 Å². The van der Waals surface area contributed by atoms with Crippen LogP contribution >= 0.6 is 0 Å². The second kappa shape index (κ2) is 10.6. The molecule has 4 N–H and O–H groups in total. The molecule has 0 aromatic heterocycles. The minimum Gasteiger partial charge on any atom is -0.395 e. The van der Waals surface area contributed by atoms with Gasteiger partial charge in [-0.25, -0.2) is 0 Å². The van der Waals surface area contributed by atoms with Crippen LogP contribution in [0.4, 0.5) is 0 Å². The molecule has 0 heterocycles. The first kappa shape index (κ1) is 16.5. The zero-order valence-corrected chi connectivity index (χ0v) is 15.4. The molecule has 0 aliphatic rings. The molecule has 1 aromatic carbocycles. The predicted molar refractivity (Wildman–Crippen MR) is 60.0 cm³/mol. The van der Waals surface area contributed by atoms with Crippen LogP contribution in [0.2, 0.25) is 0 Å². The van der Waals surface area contributed by atoms with E-state index < -0.39 is 37.1 Å². The van der Waals surface area contributed by atoms with Crippen molar-refractivity contribution in [3.05, 3.63) is 30.3 Å². The first-order valence-electron chi connectivity index (χ1n) is 5.31. The van der Waals surface area contributed by atoms with E-state index in [9.17, 15) is 4.79 Å². The maximum absolute atomic E-state index is 10.9. The Bertz CT molecular complexity index is 304. The van der Waals surface area contributed by atoms with Crippen LogP contribution in [-0.2, 0) is 32.5 Å². The monoisotopic (exact) mass is 429 g/mol. The van der Waals surface area contributed by atoms with Crippen molar-refractivity contribution in [1.82, 2.24) is 0 Å². The van der Waals surface area contributed by atoms with Crippen LogP contribution in [0.5, 0.6) is 0 Å². The largest absolute Gasteiger partial charge is 0.395 e. The van der Waals surface area contributed by atoms with Gasteiger partial charge in [-0.3, -0.25) is 0 Å². The van der Waals surface area contributed by atoms with Gasteiger partial charge < -0.3 is 10.8 Å². The topological polar surface area (TPSA) is 92.8 Å². The van der Waals surface area contributed by atoms with E-state index in [2.05, 4.69) is 0 Å². The number of hydrogen-bond donors (Lipinski definition) is 3. The molecule has 5 nitrogen and oxygen atoms in total. The molecule has 0 bridgehead atoms. The second-order valence-corrected chi connectivity index (χ2v) is 8.70. The molecular weight excluding hydrogens is 411 g/mol. The van der Waals surface area contributed by atoms with Crippen LogP contribution in [0, 0.1) is 0 Å². The Kier molecular flexibility index (Phi) is 10.3. The Labute approximate surface area is 114 Å². The van der Waals surface area contributed by atoms with Crippen LogP contribution in [-0.4, -0.2) is 35.4 Å². The van der Waals surface area contributed by atoms with E-state index in [4.69, 9.17) is 18.6 Å². The van der Waals surface area contributed by atoms with Gasteiger partial charge in [0.1, 0.15) is 0 Å². The Balaban J connectivity index is 0.000000557. The van der Waals surface area contributed by atoms with Crippen LogP contribution < -0.4 is 8.81 Å². The summed E-state index contributed by atoms with van der Waals surface area (Å²) in [5.74, 6) is -0.495. The van der Waals surface area contributed by atoms with Crippen molar-refractivity contribution in [3.8, 4) is 0 Å². The summed E-state index contributed by atoms with van der Waals surface area (Å²) in [6, 6.07) is 9.68. The van der Waals surface area contributed by atoms with Gasteiger partial charge in [0, 0.05) is 6.54 Å². The Morgan fingerprint density at radius 2 is 2.00 bits per heavy atom. The number of rotatable bonds is 4. The van der Waals surface area contributed by atoms with Gasteiger partial charge in [-0.15, -0.1) is 0 Å². The zero-order chi connectivity index (χ0) is 13.1. The van der Waals surface area contributed by atoms with Gasteiger partial charge in [-0.1, -0.05) is 0 Å². The smallest absolute Gasteiger partial charge is 0.0553 e. The normalized spacial score (nSPS) is 10.6. The molecule has 0 spiro atoms. The van der Waals surface area contributed by atoms with Crippen LogP contribution in [0.25, 0.3) is 0 Å². The molecule has 17 heavy (non-hydrogen) atoms. The van der Waals surface area contributed by atoms with Crippen LogP contribution in [0.3, 0.4) is 0 Å². The molecule has 1 aromatic rings. The van der Waals surface area contributed by atoms with Gasteiger partial charge in [0.25, 0.3) is 0 Å². The summed E-state index contributed by atoms with van der Waals surface area (Å²) in [7, 11) is 0. The Morgan fingerprint density at radius 1 is 1.47 bits per heavy atom. The number of aliphatic hydroxyl groups excluding tert-OH is 2. The molecule has 0 radical (unpaired) electrons. The van der Waals surface area contributed by atoms with E-state index in [1.165, 1.54) is 6.92 Å². The maximum atomic E-state index is 10.9. The summed E-state index contributed by atoms with van der Waals surface area (Å²) in [5.41, 5.74) is 4.78. The number of aliphatic hydroxyl groups is 2. The molecule has 92 valence electrons. The fourth-order valence-corrected chi connectivity index (χ4v) is 4.79.